The molecule has 0 spiro atoms. The van der Waals surface area contributed by atoms with Gasteiger partial charge in [0.1, 0.15) is 6.29 Å². The van der Waals surface area contributed by atoms with Crippen molar-refractivity contribution in [1.29, 1.82) is 0 Å². The average molecular weight is 238 g/mol. The van der Waals surface area contributed by atoms with Crippen LogP contribution < -0.4 is 0 Å². The van der Waals surface area contributed by atoms with E-state index in [4.69, 9.17) is 0 Å². The molecule has 0 N–H and O–H groups in total. The van der Waals surface area contributed by atoms with E-state index < -0.39 is 0 Å². The van der Waals surface area contributed by atoms with Gasteiger partial charge < -0.3 is 0 Å². The largest absolute Gasteiger partial charge is 0.298 e. The lowest BCUT2D eigenvalue weighted by Gasteiger charge is -2.08. The van der Waals surface area contributed by atoms with Gasteiger partial charge in [-0.15, -0.1) is 11.8 Å². The summed E-state index contributed by atoms with van der Waals surface area (Å²) in [5, 5.41) is 0.493. The molecular formula is C12H14OS2. The maximum atomic E-state index is 10.5. The molecular weight excluding hydrogens is 224 g/mol. The van der Waals surface area contributed by atoms with Crippen molar-refractivity contribution in [1.82, 2.24) is 0 Å². The number of aldehydes is 1. The van der Waals surface area contributed by atoms with E-state index in [1.54, 1.807) is 29.6 Å². The molecule has 0 aliphatic rings. The van der Waals surface area contributed by atoms with Crippen molar-refractivity contribution in [2.75, 3.05) is 0 Å². The normalized spacial score (nSPS) is 11.8. The van der Waals surface area contributed by atoms with Gasteiger partial charge in [-0.25, -0.2) is 0 Å². The highest BCUT2D eigenvalue weighted by Gasteiger charge is 2.03. The molecule has 0 aromatic heterocycles. The molecule has 0 amide bonds. The Morgan fingerprint density at radius 2 is 1.93 bits per heavy atom. The Balaban J connectivity index is 2.67. The topological polar surface area (TPSA) is 17.1 Å². The maximum absolute atomic E-state index is 10.5. The van der Waals surface area contributed by atoms with Crippen LogP contribution in [-0.2, 0) is 4.79 Å². The van der Waals surface area contributed by atoms with Gasteiger partial charge in [0.15, 0.2) is 0 Å². The molecule has 1 rings (SSSR count). The Morgan fingerprint density at radius 3 is 2.47 bits per heavy atom. The van der Waals surface area contributed by atoms with Gasteiger partial charge in [-0.3, -0.25) is 4.79 Å². The lowest BCUT2D eigenvalue weighted by Crippen LogP contribution is -1.86. The van der Waals surface area contributed by atoms with Crippen LogP contribution in [0.1, 0.15) is 13.8 Å². The summed E-state index contributed by atoms with van der Waals surface area (Å²) < 4.78 is 1.05. The van der Waals surface area contributed by atoms with Gasteiger partial charge in [0.2, 0.25) is 0 Å². The maximum Gasteiger partial charge on any atom is 0.144 e. The van der Waals surface area contributed by atoms with Crippen LogP contribution in [0, 0.1) is 0 Å². The summed E-state index contributed by atoms with van der Waals surface area (Å²) in [6.07, 6.45) is 2.48. The van der Waals surface area contributed by atoms with E-state index in [1.165, 1.54) is 4.90 Å². The fraction of sp³-hybridized carbons (Fsp3) is 0.250. The fourth-order valence-electron chi connectivity index (χ4n) is 0.990. The van der Waals surface area contributed by atoms with Crippen molar-refractivity contribution in [2.24, 2.45) is 0 Å². The monoisotopic (exact) mass is 238 g/mol. The SMILES string of the molecule is CC(C)SC(=CC=O)Sc1ccccc1. The molecule has 0 radical (unpaired) electrons. The van der Waals surface area contributed by atoms with E-state index in [0.29, 0.717) is 5.25 Å². The molecule has 0 heterocycles. The Bertz CT molecular complexity index is 331. The minimum Gasteiger partial charge on any atom is -0.298 e. The summed E-state index contributed by atoms with van der Waals surface area (Å²) in [5.74, 6) is 0. The number of allylic oxidation sites excluding steroid dienone is 1. The van der Waals surface area contributed by atoms with E-state index in [0.717, 1.165) is 10.5 Å². The molecule has 15 heavy (non-hydrogen) atoms. The minimum absolute atomic E-state index is 0.493. The third-order valence-corrected chi connectivity index (χ3v) is 3.74. The van der Waals surface area contributed by atoms with Crippen LogP contribution >= 0.6 is 23.5 Å². The quantitative estimate of drug-likeness (QED) is 0.439. The van der Waals surface area contributed by atoms with Crippen LogP contribution in [0.4, 0.5) is 0 Å². The molecule has 3 heteroatoms. The number of thioether (sulfide) groups is 2. The zero-order valence-corrected chi connectivity index (χ0v) is 10.5. The molecule has 0 bridgehead atoms. The van der Waals surface area contributed by atoms with Gasteiger partial charge in [0.05, 0.1) is 0 Å². The van der Waals surface area contributed by atoms with Gasteiger partial charge in [-0.1, -0.05) is 43.8 Å². The summed E-state index contributed by atoms with van der Waals surface area (Å²) in [6.45, 7) is 4.24. The first kappa shape index (κ1) is 12.4. The molecule has 1 aromatic rings. The lowest BCUT2D eigenvalue weighted by molar-refractivity contribution is -0.104. The van der Waals surface area contributed by atoms with Crippen molar-refractivity contribution in [3.63, 3.8) is 0 Å². The Labute approximate surface area is 99.3 Å². The van der Waals surface area contributed by atoms with E-state index in [-0.39, 0.29) is 0 Å². The summed E-state index contributed by atoms with van der Waals surface area (Å²) in [4.78, 5) is 11.6. The average Bonchev–Trinajstić information content (AvgIpc) is 2.18. The van der Waals surface area contributed by atoms with Crippen LogP contribution in [0.2, 0.25) is 0 Å². The van der Waals surface area contributed by atoms with Crippen molar-refractivity contribution in [2.45, 2.75) is 24.0 Å². The molecule has 0 fully saturated rings. The van der Waals surface area contributed by atoms with E-state index in [1.807, 2.05) is 30.3 Å². The third kappa shape index (κ3) is 5.09. The Kier molecular flexibility index (Phi) is 5.58. The molecule has 1 nitrogen and oxygen atoms in total. The molecule has 0 aliphatic carbocycles. The van der Waals surface area contributed by atoms with Gasteiger partial charge in [-0.05, 0) is 18.2 Å². The summed E-state index contributed by atoms with van der Waals surface area (Å²) in [7, 11) is 0. The van der Waals surface area contributed by atoms with Gasteiger partial charge in [0, 0.05) is 14.4 Å². The molecule has 0 atom stereocenters. The van der Waals surface area contributed by atoms with Crippen LogP contribution in [0.3, 0.4) is 0 Å². The Morgan fingerprint density at radius 1 is 1.27 bits per heavy atom. The molecule has 0 aliphatic heterocycles. The van der Waals surface area contributed by atoms with Crippen LogP contribution in [-0.4, -0.2) is 11.5 Å². The van der Waals surface area contributed by atoms with Crippen molar-refractivity contribution in [3.05, 3.63) is 40.6 Å². The zero-order chi connectivity index (χ0) is 11.1. The molecule has 0 saturated carbocycles. The number of hydrogen-bond donors (Lipinski definition) is 0. The van der Waals surface area contributed by atoms with E-state index >= 15 is 0 Å². The second kappa shape index (κ2) is 6.75. The molecule has 80 valence electrons. The summed E-state index contributed by atoms with van der Waals surface area (Å²) in [5.41, 5.74) is 0. The van der Waals surface area contributed by atoms with Crippen molar-refractivity contribution in [3.8, 4) is 0 Å². The highest BCUT2D eigenvalue weighted by molar-refractivity contribution is 8.22. The van der Waals surface area contributed by atoms with Crippen molar-refractivity contribution >= 4 is 29.8 Å². The van der Waals surface area contributed by atoms with Gasteiger partial charge in [0.25, 0.3) is 0 Å². The summed E-state index contributed by atoms with van der Waals surface area (Å²) >= 11 is 3.35. The number of carbonyl (C=O) groups excluding carboxylic acids is 1. The predicted octanol–water partition coefficient (Wildman–Crippen LogP) is 3.96. The van der Waals surface area contributed by atoms with Gasteiger partial charge >= 0.3 is 0 Å². The number of hydrogen-bond acceptors (Lipinski definition) is 3. The fourth-order valence-corrected chi connectivity index (χ4v) is 3.30. The first-order valence-corrected chi connectivity index (χ1v) is 6.47. The molecule has 1 aromatic carbocycles. The lowest BCUT2D eigenvalue weighted by atomic mass is 10.4. The number of benzene rings is 1. The highest BCUT2D eigenvalue weighted by Crippen LogP contribution is 2.36. The molecule has 0 saturated heterocycles. The standard InChI is InChI=1S/C12H14OS2/c1-10(2)14-12(8-9-13)15-11-6-4-3-5-7-11/h3-10H,1-2H3. The number of rotatable bonds is 5. The first-order chi connectivity index (χ1) is 7.22. The highest BCUT2D eigenvalue weighted by atomic mass is 32.2. The summed E-state index contributed by atoms with van der Waals surface area (Å²) in [6, 6.07) is 10.1. The van der Waals surface area contributed by atoms with Crippen molar-refractivity contribution < 1.29 is 4.79 Å². The second-order valence-corrected chi connectivity index (χ2v) is 6.20. The second-order valence-electron chi connectivity index (χ2n) is 3.20. The number of carbonyl (C=O) groups is 1. The minimum atomic E-state index is 0.493. The third-order valence-electron chi connectivity index (χ3n) is 1.52. The van der Waals surface area contributed by atoms with E-state index in [9.17, 15) is 4.79 Å². The smallest absolute Gasteiger partial charge is 0.144 e. The Hall–Kier alpha value is -0.670. The van der Waals surface area contributed by atoms with Crippen LogP contribution in [0.25, 0.3) is 0 Å². The van der Waals surface area contributed by atoms with Gasteiger partial charge in [-0.2, -0.15) is 0 Å². The predicted molar refractivity (Wildman–Crippen MR) is 69.2 cm³/mol. The van der Waals surface area contributed by atoms with E-state index in [2.05, 4.69) is 13.8 Å². The van der Waals surface area contributed by atoms with Crippen LogP contribution in [0.5, 0.6) is 0 Å². The molecule has 0 unspecified atom stereocenters. The van der Waals surface area contributed by atoms with Crippen LogP contribution in [0.15, 0.2) is 45.5 Å². The zero-order valence-electron chi connectivity index (χ0n) is 8.84. The first-order valence-electron chi connectivity index (χ1n) is 4.77.